The van der Waals surface area contributed by atoms with Crippen LogP contribution in [-0.2, 0) is 11.2 Å². The van der Waals surface area contributed by atoms with Gasteiger partial charge in [0.05, 0.1) is 6.54 Å². The molecule has 1 aliphatic carbocycles. The normalized spacial score (nSPS) is 11.8. The lowest BCUT2D eigenvalue weighted by Crippen LogP contribution is -2.26. The highest BCUT2D eigenvalue weighted by Gasteiger charge is 2.28. The van der Waals surface area contributed by atoms with Crippen LogP contribution in [0.3, 0.4) is 0 Å². The Bertz CT molecular complexity index is 1060. The van der Waals surface area contributed by atoms with Gasteiger partial charge in [0.25, 0.3) is 0 Å². The van der Waals surface area contributed by atoms with Crippen LogP contribution < -0.4 is 5.32 Å². The van der Waals surface area contributed by atoms with E-state index < -0.39 is 6.09 Å². The third-order valence-electron chi connectivity index (χ3n) is 5.22. The Morgan fingerprint density at radius 1 is 0.967 bits per heavy atom. The first kappa shape index (κ1) is 19.8. The molecule has 0 unspecified atom stereocenters. The number of benzene rings is 3. The monoisotopic (exact) mass is 397 g/mol. The fourth-order valence-corrected chi connectivity index (χ4v) is 3.85. The first-order valence-corrected chi connectivity index (χ1v) is 10.0. The van der Waals surface area contributed by atoms with Crippen LogP contribution in [0.15, 0.2) is 72.8 Å². The molecule has 0 atom stereocenters. The van der Waals surface area contributed by atoms with E-state index in [1.807, 2.05) is 48.5 Å². The summed E-state index contributed by atoms with van der Waals surface area (Å²) in [6.07, 6.45) is 0.133. The van der Waals surface area contributed by atoms with E-state index in [1.54, 1.807) is 0 Å². The third kappa shape index (κ3) is 4.37. The summed E-state index contributed by atoms with van der Waals surface area (Å²) in [5.41, 5.74) is 6.68. The first-order chi connectivity index (χ1) is 14.8. The van der Waals surface area contributed by atoms with E-state index >= 15 is 0 Å². The lowest BCUT2D eigenvalue weighted by Gasteiger charge is -2.14. The molecule has 0 heterocycles. The summed E-state index contributed by atoms with van der Waals surface area (Å²) >= 11 is 0. The van der Waals surface area contributed by atoms with Crippen molar-refractivity contribution >= 4 is 6.09 Å². The van der Waals surface area contributed by atoms with Crippen LogP contribution in [0.1, 0.15) is 28.2 Å². The van der Waals surface area contributed by atoms with Crippen molar-refractivity contribution in [3.8, 4) is 23.0 Å². The summed E-state index contributed by atoms with van der Waals surface area (Å²) in [6, 6.07) is 24.2. The van der Waals surface area contributed by atoms with Gasteiger partial charge >= 0.3 is 6.09 Å². The molecule has 4 heteroatoms. The van der Waals surface area contributed by atoms with Gasteiger partial charge in [-0.3, -0.25) is 0 Å². The standard InChI is InChI=1S/C26H23NO3/c28-16-14-20-8-5-7-19(17-20)9-6-15-27-26(29)30-18-25-23-12-3-1-10-21(23)22-11-2-4-13-24(22)25/h1-5,7-8,10-13,17,25,28H,14-16,18H2,(H,27,29). The summed E-state index contributed by atoms with van der Waals surface area (Å²) in [7, 11) is 0. The number of carbonyl (C=O) groups excluding carboxylic acids is 1. The highest BCUT2D eigenvalue weighted by molar-refractivity contribution is 5.79. The Kier molecular flexibility index (Phi) is 6.12. The molecule has 0 saturated heterocycles. The molecule has 0 aliphatic heterocycles. The van der Waals surface area contributed by atoms with Gasteiger partial charge in [-0.25, -0.2) is 4.79 Å². The summed E-state index contributed by atoms with van der Waals surface area (Å²) in [5, 5.41) is 11.7. The molecule has 3 aromatic rings. The molecule has 3 aromatic carbocycles. The predicted molar refractivity (Wildman–Crippen MR) is 117 cm³/mol. The van der Waals surface area contributed by atoms with Gasteiger partial charge in [0.2, 0.25) is 0 Å². The number of fused-ring (bicyclic) bond motifs is 3. The summed E-state index contributed by atoms with van der Waals surface area (Å²) in [5.74, 6) is 6.00. The number of nitrogens with one attached hydrogen (secondary N) is 1. The van der Waals surface area contributed by atoms with E-state index in [-0.39, 0.29) is 25.7 Å². The predicted octanol–water partition coefficient (Wildman–Crippen LogP) is 4.11. The van der Waals surface area contributed by atoms with Gasteiger partial charge in [-0.05, 0) is 46.4 Å². The summed E-state index contributed by atoms with van der Waals surface area (Å²) < 4.78 is 5.50. The molecular weight excluding hydrogens is 374 g/mol. The smallest absolute Gasteiger partial charge is 0.407 e. The molecule has 0 fully saturated rings. The summed E-state index contributed by atoms with van der Waals surface area (Å²) in [6.45, 7) is 0.609. The molecule has 1 amide bonds. The van der Waals surface area contributed by atoms with Crippen molar-refractivity contribution in [1.82, 2.24) is 5.32 Å². The number of rotatable bonds is 5. The zero-order valence-corrected chi connectivity index (χ0v) is 16.6. The van der Waals surface area contributed by atoms with Crippen molar-refractivity contribution in [1.29, 1.82) is 0 Å². The van der Waals surface area contributed by atoms with Gasteiger partial charge in [-0.15, -0.1) is 0 Å². The van der Waals surface area contributed by atoms with Gasteiger partial charge < -0.3 is 15.2 Å². The average molecular weight is 397 g/mol. The number of amides is 1. The van der Waals surface area contributed by atoms with Crippen LogP contribution in [0.5, 0.6) is 0 Å². The van der Waals surface area contributed by atoms with Crippen LogP contribution in [0.2, 0.25) is 0 Å². The topological polar surface area (TPSA) is 58.6 Å². The average Bonchev–Trinajstić information content (AvgIpc) is 3.10. The Hall–Kier alpha value is -3.55. The molecule has 30 heavy (non-hydrogen) atoms. The maximum absolute atomic E-state index is 12.1. The van der Waals surface area contributed by atoms with Crippen molar-refractivity contribution in [3.05, 3.63) is 95.1 Å². The quantitative estimate of drug-likeness (QED) is 0.637. The van der Waals surface area contributed by atoms with Gasteiger partial charge in [-0.1, -0.05) is 72.5 Å². The Labute approximate surface area is 176 Å². The molecule has 1 aliphatic rings. The largest absolute Gasteiger partial charge is 0.449 e. The molecule has 0 aromatic heterocycles. The number of carbonyl (C=O) groups is 1. The first-order valence-electron chi connectivity index (χ1n) is 10.0. The van der Waals surface area contributed by atoms with Crippen molar-refractivity contribution in [2.24, 2.45) is 0 Å². The number of hydrogen-bond donors (Lipinski definition) is 2. The molecule has 0 bridgehead atoms. The molecular formula is C26H23NO3. The fraction of sp³-hybridized carbons (Fsp3) is 0.192. The van der Waals surface area contributed by atoms with Crippen LogP contribution >= 0.6 is 0 Å². The highest BCUT2D eigenvalue weighted by atomic mass is 16.5. The van der Waals surface area contributed by atoms with E-state index in [0.717, 1.165) is 11.1 Å². The van der Waals surface area contributed by atoms with Crippen molar-refractivity contribution < 1.29 is 14.6 Å². The molecule has 150 valence electrons. The maximum Gasteiger partial charge on any atom is 0.407 e. The summed E-state index contributed by atoms with van der Waals surface area (Å²) in [4.78, 5) is 12.1. The zero-order valence-electron chi connectivity index (χ0n) is 16.6. The van der Waals surface area contributed by atoms with E-state index in [9.17, 15) is 4.79 Å². The van der Waals surface area contributed by atoms with Crippen molar-refractivity contribution in [3.63, 3.8) is 0 Å². The maximum atomic E-state index is 12.1. The molecule has 2 N–H and O–H groups in total. The minimum atomic E-state index is -0.472. The number of aliphatic hydroxyl groups excluding tert-OH is 1. The SMILES string of the molecule is O=C(NCC#Cc1cccc(CCO)c1)OCC1c2ccccc2-c2ccccc21. The second-order valence-electron chi connectivity index (χ2n) is 7.15. The van der Waals surface area contributed by atoms with Gasteiger partial charge in [0.1, 0.15) is 6.61 Å². The molecule has 0 radical (unpaired) electrons. The van der Waals surface area contributed by atoms with Crippen LogP contribution in [-0.4, -0.2) is 31.0 Å². The second-order valence-corrected chi connectivity index (χ2v) is 7.15. The molecule has 4 rings (SSSR count). The van der Waals surface area contributed by atoms with E-state index in [1.165, 1.54) is 22.3 Å². The lowest BCUT2D eigenvalue weighted by molar-refractivity contribution is 0.144. The number of aliphatic hydroxyl groups is 1. The van der Waals surface area contributed by atoms with Crippen molar-refractivity contribution in [2.75, 3.05) is 19.8 Å². The third-order valence-corrected chi connectivity index (χ3v) is 5.22. The molecule has 0 saturated carbocycles. The molecule has 0 spiro atoms. The zero-order chi connectivity index (χ0) is 20.8. The minimum absolute atomic E-state index is 0.0449. The van der Waals surface area contributed by atoms with Crippen molar-refractivity contribution in [2.45, 2.75) is 12.3 Å². The second kappa shape index (κ2) is 9.30. The molecule has 4 nitrogen and oxygen atoms in total. The van der Waals surface area contributed by atoms with Gasteiger partial charge in [0, 0.05) is 18.1 Å². The van der Waals surface area contributed by atoms with Gasteiger partial charge in [0.15, 0.2) is 0 Å². The number of hydrogen-bond acceptors (Lipinski definition) is 3. The van der Waals surface area contributed by atoms with Crippen LogP contribution in [0.4, 0.5) is 4.79 Å². The Morgan fingerprint density at radius 3 is 2.37 bits per heavy atom. The number of ether oxygens (including phenoxy) is 1. The van der Waals surface area contributed by atoms with E-state index in [0.29, 0.717) is 6.42 Å². The Morgan fingerprint density at radius 2 is 1.67 bits per heavy atom. The van der Waals surface area contributed by atoms with Gasteiger partial charge in [-0.2, -0.15) is 0 Å². The lowest BCUT2D eigenvalue weighted by atomic mass is 9.98. The van der Waals surface area contributed by atoms with Crippen LogP contribution in [0.25, 0.3) is 11.1 Å². The fourth-order valence-electron chi connectivity index (χ4n) is 3.85. The van der Waals surface area contributed by atoms with E-state index in [2.05, 4.69) is 41.4 Å². The number of alkyl carbamates (subject to hydrolysis) is 1. The minimum Gasteiger partial charge on any atom is -0.449 e. The van der Waals surface area contributed by atoms with Crippen LogP contribution in [0, 0.1) is 11.8 Å². The highest BCUT2D eigenvalue weighted by Crippen LogP contribution is 2.44. The van der Waals surface area contributed by atoms with E-state index in [4.69, 9.17) is 9.84 Å². The Balaban J connectivity index is 1.33.